The Kier molecular flexibility index (Phi) is 3.47. The van der Waals surface area contributed by atoms with Crippen LogP contribution in [0.2, 0.25) is 5.02 Å². The maximum absolute atomic E-state index is 12.6. The minimum absolute atomic E-state index is 0.109. The Bertz CT molecular complexity index is 433. The highest BCUT2D eigenvalue weighted by Gasteiger charge is 2.16. The molecule has 3 nitrogen and oxygen atoms in total. The molecule has 0 unspecified atom stereocenters. The third-order valence-electron chi connectivity index (χ3n) is 1.52. The molecule has 0 amide bonds. The molecule has 14 heavy (non-hydrogen) atoms. The van der Waals surface area contributed by atoms with E-state index >= 15 is 0 Å². The molecule has 0 aliphatic heterocycles. The molecule has 0 fully saturated rings. The van der Waals surface area contributed by atoms with Gasteiger partial charge in [0.15, 0.2) is 0 Å². The van der Waals surface area contributed by atoms with Crippen molar-refractivity contribution in [3.63, 3.8) is 0 Å². The van der Waals surface area contributed by atoms with Gasteiger partial charge >= 0.3 is 0 Å². The Morgan fingerprint density at radius 1 is 1.50 bits per heavy atom. The molecule has 1 aromatic rings. The van der Waals surface area contributed by atoms with Crippen LogP contribution >= 0.6 is 11.6 Å². The van der Waals surface area contributed by atoms with Gasteiger partial charge in [-0.1, -0.05) is 18.5 Å². The highest BCUT2D eigenvalue weighted by atomic mass is 35.5. The molecule has 1 aromatic carbocycles. The van der Waals surface area contributed by atoms with Gasteiger partial charge in [0.05, 0.1) is 5.02 Å². The van der Waals surface area contributed by atoms with Gasteiger partial charge in [-0.05, 0) is 18.2 Å². The van der Waals surface area contributed by atoms with Crippen LogP contribution in [0.15, 0.2) is 23.1 Å². The number of hydrogen-bond donors (Lipinski definition) is 1. The van der Waals surface area contributed by atoms with Crippen LogP contribution in [0.3, 0.4) is 0 Å². The van der Waals surface area contributed by atoms with Crippen LogP contribution in [0.1, 0.15) is 6.92 Å². The molecule has 0 atom stereocenters. The van der Waals surface area contributed by atoms with Crippen molar-refractivity contribution in [3.05, 3.63) is 29.0 Å². The molecule has 1 rings (SSSR count). The largest absolute Gasteiger partial charge is 0.242 e. The summed E-state index contributed by atoms with van der Waals surface area (Å²) < 4.78 is 37.8. The number of benzene rings is 1. The van der Waals surface area contributed by atoms with Crippen LogP contribution < -0.4 is 4.72 Å². The quantitative estimate of drug-likeness (QED) is 0.871. The van der Waals surface area contributed by atoms with Gasteiger partial charge in [0, 0.05) is 6.54 Å². The van der Waals surface area contributed by atoms with Crippen molar-refractivity contribution < 1.29 is 12.8 Å². The molecular formula is C8H9ClFNO2S. The van der Waals surface area contributed by atoms with Gasteiger partial charge in [-0.25, -0.2) is 17.5 Å². The molecule has 0 heterocycles. The lowest BCUT2D eigenvalue weighted by molar-refractivity contribution is 0.583. The van der Waals surface area contributed by atoms with Gasteiger partial charge in [0.25, 0.3) is 0 Å². The van der Waals surface area contributed by atoms with E-state index in [-0.39, 0.29) is 16.5 Å². The third kappa shape index (κ3) is 2.43. The molecule has 0 radical (unpaired) electrons. The summed E-state index contributed by atoms with van der Waals surface area (Å²) in [4.78, 5) is -0.109. The van der Waals surface area contributed by atoms with Gasteiger partial charge in [-0.15, -0.1) is 0 Å². The fourth-order valence-electron chi connectivity index (χ4n) is 0.961. The Balaban J connectivity index is 3.20. The second-order valence-electron chi connectivity index (χ2n) is 2.58. The van der Waals surface area contributed by atoms with Crippen LogP contribution in [-0.2, 0) is 10.0 Å². The number of sulfonamides is 1. The van der Waals surface area contributed by atoms with E-state index in [1.165, 1.54) is 0 Å². The fraction of sp³-hybridized carbons (Fsp3) is 0.250. The van der Waals surface area contributed by atoms with E-state index in [1.807, 2.05) is 0 Å². The lowest BCUT2D eigenvalue weighted by Gasteiger charge is -2.05. The summed E-state index contributed by atoms with van der Waals surface area (Å²) in [5.41, 5.74) is 0. The Labute approximate surface area is 86.9 Å². The number of rotatable bonds is 3. The Morgan fingerprint density at radius 2 is 2.14 bits per heavy atom. The summed E-state index contributed by atoms with van der Waals surface area (Å²) in [5.74, 6) is -0.564. The molecule has 0 saturated heterocycles. The first kappa shape index (κ1) is 11.4. The van der Waals surface area contributed by atoms with Gasteiger partial charge < -0.3 is 0 Å². The van der Waals surface area contributed by atoms with Crippen molar-refractivity contribution in [1.82, 2.24) is 4.72 Å². The van der Waals surface area contributed by atoms with E-state index in [0.29, 0.717) is 0 Å². The first-order valence-electron chi connectivity index (χ1n) is 3.92. The predicted molar refractivity (Wildman–Crippen MR) is 52.3 cm³/mol. The van der Waals surface area contributed by atoms with E-state index in [4.69, 9.17) is 11.6 Å². The van der Waals surface area contributed by atoms with E-state index < -0.39 is 15.8 Å². The van der Waals surface area contributed by atoms with E-state index in [0.717, 1.165) is 18.2 Å². The lowest BCUT2D eigenvalue weighted by atomic mass is 10.3. The molecule has 0 saturated carbocycles. The molecule has 78 valence electrons. The highest BCUT2D eigenvalue weighted by molar-refractivity contribution is 7.89. The zero-order valence-electron chi connectivity index (χ0n) is 7.42. The van der Waals surface area contributed by atoms with Crippen LogP contribution in [0.5, 0.6) is 0 Å². The second kappa shape index (κ2) is 4.25. The summed E-state index contributed by atoms with van der Waals surface area (Å²) >= 11 is 5.59. The number of hydrogen-bond acceptors (Lipinski definition) is 2. The smallest absolute Gasteiger partial charge is 0.211 e. The monoisotopic (exact) mass is 237 g/mol. The van der Waals surface area contributed by atoms with Crippen molar-refractivity contribution in [2.24, 2.45) is 0 Å². The average Bonchev–Trinajstić information content (AvgIpc) is 2.02. The van der Waals surface area contributed by atoms with Crippen LogP contribution in [0.25, 0.3) is 0 Å². The highest BCUT2D eigenvalue weighted by Crippen LogP contribution is 2.21. The van der Waals surface area contributed by atoms with E-state index in [9.17, 15) is 12.8 Å². The topological polar surface area (TPSA) is 46.2 Å². The second-order valence-corrected chi connectivity index (χ2v) is 4.72. The number of halogens is 2. The van der Waals surface area contributed by atoms with Crippen molar-refractivity contribution in [2.45, 2.75) is 11.8 Å². The molecule has 0 spiro atoms. The summed E-state index contributed by atoms with van der Waals surface area (Å²) in [5, 5.41) is -0.119. The summed E-state index contributed by atoms with van der Waals surface area (Å²) in [6.07, 6.45) is 0. The Morgan fingerprint density at radius 3 is 2.64 bits per heavy atom. The van der Waals surface area contributed by atoms with Crippen LogP contribution in [-0.4, -0.2) is 15.0 Å². The summed E-state index contributed by atoms with van der Waals surface area (Å²) in [6, 6.07) is 3.15. The van der Waals surface area contributed by atoms with E-state index in [2.05, 4.69) is 4.72 Å². The normalized spacial score (nSPS) is 11.6. The van der Waals surface area contributed by atoms with E-state index in [1.54, 1.807) is 6.92 Å². The van der Waals surface area contributed by atoms with Crippen molar-refractivity contribution in [1.29, 1.82) is 0 Å². The molecule has 1 N–H and O–H groups in total. The zero-order valence-corrected chi connectivity index (χ0v) is 8.99. The molecular weight excluding hydrogens is 229 g/mol. The first-order valence-corrected chi connectivity index (χ1v) is 5.78. The minimum Gasteiger partial charge on any atom is -0.211 e. The Hall–Kier alpha value is -0.650. The van der Waals surface area contributed by atoms with Gasteiger partial charge in [-0.3, -0.25) is 0 Å². The molecule has 0 bridgehead atoms. The molecule has 6 heteroatoms. The standard InChI is InChI=1S/C8H9ClFNO2S/c1-2-11-14(12,13)8-4-3-6(10)5-7(8)9/h3-5,11H,2H2,1H3. The summed E-state index contributed by atoms with van der Waals surface area (Å²) in [7, 11) is -3.61. The SMILES string of the molecule is CCNS(=O)(=O)c1ccc(F)cc1Cl. The van der Waals surface area contributed by atoms with Gasteiger partial charge in [0.2, 0.25) is 10.0 Å². The predicted octanol–water partition coefficient (Wildman–Crippen LogP) is 1.78. The van der Waals surface area contributed by atoms with Crippen molar-refractivity contribution >= 4 is 21.6 Å². The minimum atomic E-state index is -3.61. The maximum Gasteiger partial charge on any atom is 0.242 e. The van der Waals surface area contributed by atoms with Crippen molar-refractivity contribution in [3.8, 4) is 0 Å². The van der Waals surface area contributed by atoms with Crippen LogP contribution in [0, 0.1) is 5.82 Å². The zero-order chi connectivity index (χ0) is 10.8. The maximum atomic E-state index is 12.6. The fourth-order valence-corrected chi connectivity index (χ4v) is 2.53. The molecule has 0 aliphatic carbocycles. The van der Waals surface area contributed by atoms with Crippen LogP contribution in [0.4, 0.5) is 4.39 Å². The first-order chi connectivity index (χ1) is 6.47. The number of nitrogens with one attached hydrogen (secondary N) is 1. The van der Waals surface area contributed by atoms with Crippen molar-refractivity contribution in [2.75, 3.05) is 6.54 Å². The average molecular weight is 238 g/mol. The lowest BCUT2D eigenvalue weighted by Crippen LogP contribution is -2.23. The summed E-state index contributed by atoms with van der Waals surface area (Å²) in [6.45, 7) is 1.91. The third-order valence-corrected chi connectivity index (χ3v) is 3.55. The molecule has 0 aliphatic rings. The molecule has 0 aromatic heterocycles. The van der Waals surface area contributed by atoms with Gasteiger partial charge in [0.1, 0.15) is 10.7 Å². The van der Waals surface area contributed by atoms with Gasteiger partial charge in [-0.2, -0.15) is 0 Å².